The SMILES string of the molecule is CCc1ccccc1N(CC(=O)N(Cc1ccccc1F)[C@H](Cc1ccccc1)C(=O)NC1CCCC1)S(C)(=O)=O. The van der Waals surface area contributed by atoms with Crippen LogP contribution in [-0.2, 0) is 39.0 Å². The summed E-state index contributed by atoms with van der Waals surface area (Å²) in [4.78, 5) is 29.4. The van der Waals surface area contributed by atoms with Crippen LogP contribution in [0.4, 0.5) is 10.1 Å². The van der Waals surface area contributed by atoms with Gasteiger partial charge in [-0.05, 0) is 42.5 Å². The van der Waals surface area contributed by atoms with Gasteiger partial charge < -0.3 is 10.2 Å². The number of nitrogens with zero attached hydrogens (tertiary/aromatic N) is 2. The minimum atomic E-state index is -3.87. The van der Waals surface area contributed by atoms with Crippen LogP contribution in [0.3, 0.4) is 0 Å². The first-order valence-corrected chi connectivity index (χ1v) is 15.9. The van der Waals surface area contributed by atoms with Gasteiger partial charge in [-0.15, -0.1) is 0 Å². The van der Waals surface area contributed by atoms with E-state index in [1.54, 1.807) is 30.3 Å². The maximum absolute atomic E-state index is 14.9. The fourth-order valence-electron chi connectivity index (χ4n) is 5.38. The van der Waals surface area contributed by atoms with Gasteiger partial charge >= 0.3 is 0 Å². The normalized spacial score (nSPS) is 14.4. The zero-order chi connectivity index (χ0) is 29.4. The Balaban J connectivity index is 1.75. The lowest BCUT2D eigenvalue weighted by atomic mass is 10.0. The van der Waals surface area contributed by atoms with E-state index in [4.69, 9.17) is 0 Å². The number of carbonyl (C=O) groups excluding carboxylic acids is 2. The molecule has 218 valence electrons. The number of rotatable bonds is 12. The van der Waals surface area contributed by atoms with E-state index in [2.05, 4.69) is 5.32 Å². The molecule has 0 spiro atoms. The zero-order valence-corrected chi connectivity index (χ0v) is 24.4. The molecule has 0 radical (unpaired) electrons. The molecule has 7 nitrogen and oxygen atoms in total. The Bertz CT molecular complexity index is 1440. The van der Waals surface area contributed by atoms with Crippen molar-refractivity contribution >= 4 is 27.5 Å². The second kappa shape index (κ2) is 13.8. The molecular formula is C32H38FN3O4S. The van der Waals surface area contributed by atoms with E-state index in [9.17, 15) is 22.4 Å². The Morgan fingerprint density at radius 2 is 1.54 bits per heavy atom. The molecule has 0 aliphatic heterocycles. The third kappa shape index (κ3) is 7.94. The highest BCUT2D eigenvalue weighted by molar-refractivity contribution is 7.92. The van der Waals surface area contributed by atoms with Gasteiger partial charge in [-0.2, -0.15) is 0 Å². The van der Waals surface area contributed by atoms with Crippen LogP contribution in [0.5, 0.6) is 0 Å². The second-order valence-corrected chi connectivity index (χ2v) is 12.5. The highest BCUT2D eigenvalue weighted by atomic mass is 32.2. The van der Waals surface area contributed by atoms with Crippen molar-refractivity contribution in [1.82, 2.24) is 10.2 Å². The van der Waals surface area contributed by atoms with Crippen LogP contribution in [-0.4, -0.2) is 50.0 Å². The van der Waals surface area contributed by atoms with Crippen LogP contribution >= 0.6 is 0 Å². The molecule has 1 N–H and O–H groups in total. The predicted molar refractivity (Wildman–Crippen MR) is 159 cm³/mol. The average Bonchev–Trinajstić information content (AvgIpc) is 3.47. The third-order valence-electron chi connectivity index (χ3n) is 7.59. The fraction of sp³-hybridized carbons (Fsp3) is 0.375. The number of para-hydroxylation sites is 1. The summed E-state index contributed by atoms with van der Waals surface area (Å²) in [5.41, 5.74) is 2.26. The summed E-state index contributed by atoms with van der Waals surface area (Å²) in [6.07, 6.45) is 5.59. The van der Waals surface area contributed by atoms with Crippen molar-refractivity contribution in [2.24, 2.45) is 0 Å². The molecule has 1 fully saturated rings. The van der Waals surface area contributed by atoms with Gasteiger partial charge in [0.15, 0.2) is 0 Å². The van der Waals surface area contributed by atoms with E-state index in [-0.39, 0.29) is 30.5 Å². The van der Waals surface area contributed by atoms with E-state index >= 15 is 0 Å². The molecule has 2 amide bonds. The number of nitrogens with one attached hydrogen (secondary N) is 1. The van der Waals surface area contributed by atoms with Crippen LogP contribution in [0.15, 0.2) is 78.9 Å². The molecule has 0 unspecified atom stereocenters. The first-order valence-electron chi connectivity index (χ1n) is 14.1. The summed E-state index contributed by atoms with van der Waals surface area (Å²) < 4.78 is 42.0. The van der Waals surface area contributed by atoms with Gasteiger partial charge in [0.25, 0.3) is 0 Å². The van der Waals surface area contributed by atoms with E-state index in [1.807, 2.05) is 49.4 Å². The van der Waals surface area contributed by atoms with Crippen molar-refractivity contribution in [3.8, 4) is 0 Å². The Hall–Kier alpha value is -3.72. The minimum Gasteiger partial charge on any atom is -0.352 e. The van der Waals surface area contributed by atoms with Gasteiger partial charge in [0.1, 0.15) is 18.4 Å². The topological polar surface area (TPSA) is 86.8 Å². The molecule has 0 bridgehead atoms. The van der Waals surface area contributed by atoms with Gasteiger partial charge in [0.2, 0.25) is 21.8 Å². The van der Waals surface area contributed by atoms with Crippen molar-refractivity contribution in [2.45, 2.75) is 64.1 Å². The number of amides is 2. The number of hydrogen-bond acceptors (Lipinski definition) is 4. The van der Waals surface area contributed by atoms with Gasteiger partial charge in [0.05, 0.1) is 11.9 Å². The molecular weight excluding hydrogens is 541 g/mol. The molecule has 0 heterocycles. The Kier molecular flexibility index (Phi) is 10.2. The predicted octanol–water partition coefficient (Wildman–Crippen LogP) is 4.85. The molecule has 0 aromatic heterocycles. The van der Waals surface area contributed by atoms with Crippen molar-refractivity contribution in [2.75, 3.05) is 17.1 Å². The van der Waals surface area contributed by atoms with Crippen molar-refractivity contribution in [3.63, 3.8) is 0 Å². The number of sulfonamides is 1. The van der Waals surface area contributed by atoms with Gasteiger partial charge in [0, 0.05) is 24.6 Å². The van der Waals surface area contributed by atoms with Crippen molar-refractivity contribution < 1.29 is 22.4 Å². The highest BCUT2D eigenvalue weighted by Crippen LogP contribution is 2.25. The van der Waals surface area contributed by atoms with Crippen LogP contribution < -0.4 is 9.62 Å². The molecule has 1 atom stereocenters. The standard InChI is InChI=1S/C32H38FN3O4S/c1-3-25-15-8-12-20-29(25)36(41(2,39)40)23-31(37)35(22-26-16-7-11-19-28(26)33)30(21-24-13-5-4-6-14-24)32(38)34-27-17-9-10-18-27/h4-8,11-16,19-20,27,30H,3,9-10,17-18,21-23H2,1-2H3,(H,34,38)/t30-/m1/s1. The smallest absolute Gasteiger partial charge is 0.244 e. The molecule has 3 aromatic carbocycles. The Labute approximate surface area is 242 Å². The lowest BCUT2D eigenvalue weighted by molar-refractivity contribution is -0.140. The van der Waals surface area contributed by atoms with Gasteiger partial charge in [-0.3, -0.25) is 13.9 Å². The molecule has 1 aliphatic rings. The maximum Gasteiger partial charge on any atom is 0.244 e. The fourth-order valence-corrected chi connectivity index (χ4v) is 6.26. The molecule has 9 heteroatoms. The van der Waals surface area contributed by atoms with Crippen molar-refractivity contribution in [1.29, 1.82) is 0 Å². The summed E-state index contributed by atoms with van der Waals surface area (Å²) in [7, 11) is -3.87. The third-order valence-corrected chi connectivity index (χ3v) is 8.72. The number of hydrogen-bond donors (Lipinski definition) is 1. The molecule has 0 saturated heterocycles. The Morgan fingerprint density at radius 1 is 0.927 bits per heavy atom. The molecule has 41 heavy (non-hydrogen) atoms. The average molecular weight is 580 g/mol. The van der Waals surface area contributed by atoms with Gasteiger partial charge in [-0.1, -0.05) is 86.5 Å². The maximum atomic E-state index is 14.9. The van der Waals surface area contributed by atoms with E-state index in [0.29, 0.717) is 12.1 Å². The molecule has 3 aromatic rings. The number of halogens is 1. The van der Waals surface area contributed by atoms with Crippen LogP contribution in [0.1, 0.15) is 49.3 Å². The number of carbonyl (C=O) groups is 2. The highest BCUT2D eigenvalue weighted by Gasteiger charge is 2.35. The van der Waals surface area contributed by atoms with Crippen LogP contribution in [0, 0.1) is 5.82 Å². The van der Waals surface area contributed by atoms with E-state index in [1.165, 1.54) is 11.0 Å². The minimum absolute atomic E-state index is 0.00939. The summed E-state index contributed by atoms with van der Waals surface area (Å²) >= 11 is 0. The van der Waals surface area contributed by atoms with Gasteiger partial charge in [-0.25, -0.2) is 12.8 Å². The summed E-state index contributed by atoms with van der Waals surface area (Å²) in [6, 6.07) is 21.5. The van der Waals surface area contributed by atoms with Crippen LogP contribution in [0.25, 0.3) is 0 Å². The second-order valence-electron chi connectivity index (χ2n) is 10.6. The largest absolute Gasteiger partial charge is 0.352 e. The monoisotopic (exact) mass is 579 g/mol. The van der Waals surface area contributed by atoms with Crippen LogP contribution in [0.2, 0.25) is 0 Å². The number of benzene rings is 3. The summed E-state index contributed by atoms with van der Waals surface area (Å²) in [5, 5.41) is 3.11. The molecule has 4 rings (SSSR count). The Morgan fingerprint density at radius 3 is 2.17 bits per heavy atom. The van der Waals surface area contributed by atoms with E-state index < -0.39 is 34.3 Å². The molecule has 1 saturated carbocycles. The number of aryl methyl sites for hydroxylation is 1. The first-order chi connectivity index (χ1) is 19.7. The zero-order valence-electron chi connectivity index (χ0n) is 23.6. The summed E-state index contributed by atoms with van der Waals surface area (Å²) in [6.45, 7) is 1.20. The first kappa shape index (κ1) is 30.2. The number of anilines is 1. The summed E-state index contributed by atoms with van der Waals surface area (Å²) in [5.74, 6) is -1.42. The quantitative estimate of drug-likeness (QED) is 0.332. The van der Waals surface area contributed by atoms with Crippen molar-refractivity contribution in [3.05, 3.63) is 101 Å². The lowest BCUT2D eigenvalue weighted by Gasteiger charge is -2.34. The lowest BCUT2D eigenvalue weighted by Crippen LogP contribution is -2.54. The van der Waals surface area contributed by atoms with E-state index in [0.717, 1.165) is 47.4 Å². The molecule has 1 aliphatic carbocycles.